The maximum absolute atomic E-state index is 13.3. The van der Waals surface area contributed by atoms with E-state index < -0.39 is 0 Å². The van der Waals surface area contributed by atoms with Gasteiger partial charge in [0.1, 0.15) is 5.82 Å². The van der Waals surface area contributed by atoms with Gasteiger partial charge in [0, 0.05) is 38.1 Å². The maximum atomic E-state index is 13.3. The summed E-state index contributed by atoms with van der Waals surface area (Å²) in [4.78, 5) is 16.8. The van der Waals surface area contributed by atoms with Crippen LogP contribution < -0.4 is 0 Å². The van der Waals surface area contributed by atoms with E-state index in [4.69, 9.17) is 4.74 Å². The Morgan fingerprint density at radius 3 is 2.60 bits per heavy atom. The monoisotopic (exact) mass is 343 g/mol. The molecule has 2 aliphatic heterocycles. The van der Waals surface area contributed by atoms with Gasteiger partial charge >= 0.3 is 0 Å². The number of nitrogens with zero attached hydrogens (tertiary/aromatic N) is 3. The van der Waals surface area contributed by atoms with Crippen molar-refractivity contribution < 1.29 is 13.9 Å². The molecule has 25 heavy (non-hydrogen) atoms. The van der Waals surface area contributed by atoms with E-state index in [2.05, 4.69) is 21.7 Å². The summed E-state index contributed by atoms with van der Waals surface area (Å²) in [7, 11) is 0. The van der Waals surface area contributed by atoms with Gasteiger partial charge in [0.05, 0.1) is 25.8 Å². The fourth-order valence-corrected chi connectivity index (χ4v) is 3.71. The second-order valence-electron chi connectivity index (χ2n) is 6.54. The van der Waals surface area contributed by atoms with Crippen LogP contribution >= 0.6 is 0 Å². The largest absolute Gasteiger partial charge is 0.378 e. The summed E-state index contributed by atoms with van der Waals surface area (Å²) < 4.78 is 20.9. The van der Waals surface area contributed by atoms with Crippen molar-refractivity contribution in [2.45, 2.75) is 12.6 Å². The van der Waals surface area contributed by atoms with Gasteiger partial charge in [-0.15, -0.1) is 0 Å². The topological polar surface area (TPSA) is 37.7 Å². The van der Waals surface area contributed by atoms with Gasteiger partial charge < -0.3 is 14.2 Å². The zero-order valence-electron chi connectivity index (χ0n) is 14.1. The van der Waals surface area contributed by atoms with Crippen molar-refractivity contribution >= 4 is 5.91 Å². The molecule has 1 amide bonds. The number of halogens is 1. The van der Waals surface area contributed by atoms with E-state index in [0.29, 0.717) is 32.8 Å². The summed E-state index contributed by atoms with van der Waals surface area (Å²) in [5.41, 5.74) is 2.16. The van der Waals surface area contributed by atoms with E-state index in [9.17, 15) is 9.18 Å². The van der Waals surface area contributed by atoms with Crippen molar-refractivity contribution in [3.05, 3.63) is 59.7 Å². The highest BCUT2D eigenvalue weighted by molar-refractivity contribution is 5.78. The van der Waals surface area contributed by atoms with Crippen molar-refractivity contribution in [2.75, 3.05) is 39.4 Å². The van der Waals surface area contributed by atoms with Crippen LogP contribution in [0.4, 0.5) is 4.39 Å². The Labute approximate surface area is 146 Å². The van der Waals surface area contributed by atoms with Crippen LogP contribution in [-0.4, -0.2) is 59.7 Å². The molecule has 1 aromatic heterocycles. The summed E-state index contributed by atoms with van der Waals surface area (Å²) in [5, 5.41) is 0. The second-order valence-corrected chi connectivity index (χ2v) is 6.54. The summed E-state index contributed by atoms with van der Waals surface area (Å²) >= 11 is 0. The average Bonchev–Trinajstić information content (AvgIpc) is 3.12. The molecule has 0 spiro atoms. The Morgan fingerprint density at radius 1 is 1.08 bits per heavy atom. The number of ether oxygens (including phenoxy) is 1. The van der Waals surface area contributed by atoms with Crippen LogP contribution in [0.1, 0.15) is 17.3 Å². The lowest BCUT2D eigenvalue weighted by Crippen LogP contribution is -2.48. The Bertz CT molecular complexity index is 737. The molecule has 1 aromatic carbocycles. The number of amides is 1. The average molecular weight is 343 g/mol. The molecule has 2 aromatic rings. The number of rotatable bonds is 3. The van der Waals surface area contributed by atoms with Crippen LogP contribution in [0.25, 0.3) is 0 Å². The van der Waals surface area contributed by atoms with E-state index in [1.807, 2.05) is 23.1 Å². The standard InChI is InChI=1S/C19H22FN3O2/c20-16-5-3-15(4-6-16)19-17-2-1-7-21(17)8-9-23(19)14-18(24)22-10-12-25-13-11-22/h1-7,19H,8-14H2/t19-/m0/s1. The molecule has 0 saturated carbocycles. The molecule has 0 aliphatic carbocycles. The molecule has 4 rings (SSSR count). The predicted molar refractivity (Wildman–Crippen MR) is 91.6 cm³/mol. The van der Waals surface area contributed by atoms with Gasteiger partial charge in [-0.3, -0.25) is 9.69 Å². The molecule has 0 N–H and O–H groups in total. The van der Waals surface area contributed by atoms with Crippen molar-refractivity contribution in [1.29, 1.82) is 0 Å². The zero-order valence-corrected chi connectivity index (χ0v) is 14.1. The number of fused-ring (bicyclic) bond motifs is 1. The lowest BCUT2D eigenvalue weighted by atomic mass is 10.00. The highest BCUT2D eigenvalue weighted by Gasteiger charge is 2.31. The third kappa shape index (κ3) is 3.32. The minimum absolute atomic E-state index is 0.0330. The van der Waals surface area contributed by atoms with Gasteiger partial charge in [-0.05, 0) is 29.8 Å². The lowest BCUT2D eigenvalue weighted by molar-refractivity contribution is -0.137. The van der Waals surface area contributed by atoms with E-state index in [-0.39, 0.29) is 17.8 Å². The van der Waals surface area contributed by atoms with Crippen LogP contribution in [0.5, 0.6) is 0 Å². The molecule has 5 nitrogen and oxygen atoms in total. The minimum atomic E-state index is -0.245. The van der Waals surface area contributed by atoms with Crippen molar-refractivity contribution in [3.8, 4) is 0 Å². The van der Waals surface area contributed by atoms with Gasteiger partial charge in [0.15, 0.2) is 0 Å². The number of carbonyl (C=O) groups is 1. The highest BCUT2D eigenvalue weighted by atomic mass is 19.1. The fraction of sp³-hybridized carbons (Fsp3) is 0.421. The molecule has 1 atom stereocenters. The van der Waals surface area contributed by atoms with Gasteiger partial charge in [-0.2, -0.15) is 0 Å². The third-order valence-electron chi connectivity index (χ3n) is 5.03. The maximum Gasteiger partial charge on any atom is 0.236 e. The molecular weight excluding hydrogens is 321 g/mol. The number of morpholine rings is 1. The fourth-order valence-electron chi connectivity index (χ4n) is 3.71. The van der Waals surface area contributed by atoms with Crippen LogP contribution in [0.15, 0.2) is 42.6 Å². The first kappa shape index (κ1) is 16.3. The predicted octanol–water partition coefficient (Wildman–Crippen LogP) is 1.89. The summed E-state index contributed by atoms with van der Waals surface area (Å²) in [5.74, 6) is -0.110. The van der Waals surface area contributed by atoms with Gasteiger partial charge in [0.2, 0.25) is 5.91 Å². The summed E-state index contributed by atoms with van der Waals surface area (Å²) in [6, 6.07) is 10.7. The molecular formula is C19H22FN3O2. The van der Waals surface area contributed by atoms with Crippen molar-refractivity contribution in [3.63, 3.8) is 0 Å². The Hall–Kier alpha value is -2.18. The number of carbonyl (C=O) groups excluding carboxylic acids is 1. The lowest BCUT2D eigenvalue weighted by Gasteiger charge is -2.38. The number of benzene rings is 1. The van der Waals surface area contributed by atoms with E-state index in [1.165, 1.54) is 12.1 Å². The smallest absolute Gasteiger partial charge is 0.236 e. The molecule has 3 heterocycles. The van der Waals surface area contributed by atoms with Gasteiger partial charge in [-0.1, -0.05) is 12.1 Å². The molecule has 1 fully saturated rings. The first-order chi connectivity index (χ1) is 12.2. The molecule has 6 heteroatoms. The van der Waals surface area contributed by atoms with E-state index in [1.54, 1.807) is 0 Å². The number of aromatic nitrogens is 1. The Balaban J connectivity index is 1.59. The van der Waals surface area contributed by atoms with E-state index >= 15 is 0 Å². The Morgan fingerprint density at radius 2 is 1.84 bits per heavy atom. The Kier molecular flexibility index (Phi) is 4.55. The normalized spacial score (nSPS) is 21.2. The summed E-state index contributed by atoms with van der Waals surface area (Å²) in [6.45, 7) is 4.55. The summed E-state index contributed by atoms with van der Waals surface area (Å²) in [6.07, 6.45) is 2.06. The molecule has 132 valence electrons. The van der Waals surface area contributed by atoms with Crippen LogP contribution in [0, 0.1) is 5.82 Å². The van der Waals surface area contributed by atoms with E-state index in [0.717, 1.165) is 24.3 Å². The number of hydrogen-bond acceptors (Lipinski definition) is 3. The van der Waals surface area contributed by atoms with Crippen molar-refractivity contribution in [1.82, 2.24) is 14.4 Å². The van der Waals surface area contributed by atoms with Crippen molar-refractivity contribution in [2.24, 2.45) is 0 Å². The van der Waals surface area contributed by atoms with Crippen LogP contribution in [0.2, 0.25) is 0 Å². The number of hydrogen-bond donors (Lipinski definition) is 0. The first-order valence-electron chi connectivity index (χ1n) is 8.72. The van der Waals surface area contributed by atoms with Gasteiger partial charge in [0.25, 0.3) is 0 Å². The zero-order chi connectivity index (χ0) is 17.2. The van der Waals surface area contributed by atoms with Crippen LogP contribution in [0.3, 0.4) is 0 Å². The molecule has 0 unspecified atom stereocenters. The first-order valence-corrected chi connectivity index (χ1v) is 8.72. The molecule has 0 bridgehead atoms. The second kappa shape index (κ2) is 6.98. The molecule has 1 saturated heterocycles. The van der Waals surface area contributed by atoms with Crippen LogP contribution in [-0.2, 0) is 16.1 Å². The molecule has 2 aliphatic rings. The quantitative estimate of drug-likeness (QED) is 0.854. The highest BCUT2D eigenvalue weighted by Crippen LogP contribution is 2.32. The third-order valence-corrected chi connectivity index (χ3v) is 5.03. The minimum Gasteiger partial charge on any atom is -0.378 e. The molecule has 0 radical (unpaired) electrons. The van der Waals surface area contributed by atoms with Gasteiger partial charge in [-0.25, -0.2) is 4.39 Å². The SMILES string of the molecule is O=C(CN1CCn2cccc2[C@@H]1c1ccc(F)cc1)N1CCOCC1.